The highest BCUT2D eigenvalue weighted by atomic mass is 16.3. The third-order valence-corrected chi connectivity index (χ3v) is 13.5. The summed E-state index contributed by atoms with van der Waals surface area (Å²) in [7, 11) is 0. The number of pyridine rings is 1. The lowest BCUT2D eigenvalue weighted by atomic mass is 9.61. The molecule has 0 radical (unpaired) electrons. The molecule has 12 aromatic rings. The van der Waals surface area contributed by atoms with E-state index in [0.29, 0.717) is 0 Å². The Morgan fingerprint density at radius 1 is 0.387 bits per heavy atom. The van der Waals surface area contributed by atoms with E-state index < -0.39 is 5.41 Å². The zero-order chi connectivity index (χ0) is 40.5. The maximum absolute atomic E-state index is 7.29. The van der Waals surface area contributed by atoms with Crippen LogP contribution in [0, 0.1) is 0 Å². The van der Waals surface area contributed by atoms with Crippen molar-refractivity contribution in [1.82, 2.24) is 4.98 Å². The van der Waals surface area contributed by atoms with Gasteiger partial charge in [0.05, 0.1) is 28.7 Å². The highest BCUT2D eigenvalue weighted by molar-refractivity contribution is 6.18. The maximum Gasteiger partial charge on any atom is 0.159 e. The summed E-state index contributed by atoms with van der Waals surface area (Å²) in [5.41, 5.74) is 17.7. The molecule has 0 aliphatic heterocycles. The molecule has 0 fully saturated rings. The van der Waals surface area contributed by atoms with Crippen LogP contribution >= 0.6 is 0 Å². The third kappa shape index (κ3) is 4.32. The molecule has 2 aliphatic carbocycles. The molecular weight excluding hydrogens is 757 g/mol. The van der Waals surface area contributed by atoms with Gasteiger partial charge in [0, 0.05) is 38.4 Å². The fourth-order valence-electron chi connectivity index (χ4n) is 11.1. The van der Waals surface area contributed by atoms with Crippen LogP contribution in [0.2, 0.25) is 0 Å². The topological polar surface area (TPSA) is 42.4 Å². The van der Waals surface area contributed by atoms with Gasteiger partial charge in [-0.2, -0.15) is 0 Å². The Balaban J connectivity index is 0.975. The van der Waals surface area contributed by atoms with E-state index in [1.807, 2.05) is 24.4 Å². The van der Waals surface area contributed by atoms with Crippen LogP contribution in [0.4, 0.5) is 17.1 Å². The molecular formula is C58H34N2O2. The van der Waals surface area contributed by atoms with Gasteiger partial charge < -0.3 is 13.7 Å². The SMILES string of the molecule is c1ccc(N(c2ccc(-c3cccc4c3oc3c5c(ccc34)C3(c4ccccc4-c4ccccc43)c3cccc4cccc-5c34)nc2)c2cccc3c2oc2ccccc23)cc1. The number of fused-ring (bicyclic) bond motifs is 16. The Hall–Kier alpha value is -8.21. The number of hydrogen-bond donors (Lipinski definition) is 0. The lowest BCUT2D eigenvalue weighted by Crippen LogP contribution is -2.31. The fraction of sp³-hybridized carbons (Fsp3) is 0.0172. The number of anilines is 3. The average molecular weight is 791 g/mol. The van der Waals surface area contributed by atoms with E-state index in [-0.39, 0.29) is 0 Å². The van der Waals surface area contributed by atoms with Crippen LogP contribution in [0.5, 0.6) is 0 Å². The molecule has 1 spiro atoms. The van der Waals surface area contributed by atoms with E-state index in [0.717, 1.165) is 77.8 Å². The van der Waals surface area contributed by atoms with Gasteiger partial charge in [-0.25, -0.2) is 0 Å². The molecule has 9 aromatic carbocycles. The van der Waals surface area contributed by atoms with Crippen LogP contribution in [0.3, 0.4) is 0 Å². The van der Waals surface area contributed by atoms with E-state index in [1.165, 1.54) is 49.7 Å². The zero-order valence-corrected chi connectivity index (χ0v) is 33.3. The molecule has 0 saturated heterocycles. The molecule has 62 heavy (non-hydrogen) atoms. The van der Waals surface area contributed by atoms with Crippen LogP contribution in [-0.2, 0) is 5.41 Å². The van der Waals surface area contributed by atoms with Crippen molar-refractivity contribution >= 4 is 71.7 Å². The van der Waals surface area contributed by atoms with Crippen molar-refractivity contribution in [3.8, 4) is 33.5 Å². The van der Waals surface area contributed by atoms with Gasteiger partial charge in [-0.1, -0.05) is 158 Å². The molecule has 14 rings (SSSR count). The third-order valence-electron chi connectivity index (χ3n) is 13.5. The van der Waals surface area contributed by atoms with Gasteiger partial charge >= 0.3 is 0 Å². The summed E-state index contributed by atoms with van der Waals surface area (Å²) >= 11 is 0. The highest BCUT2D eigenvalue weighted by Crippen LogP contribution is 2.63. The van der Waals surface area contributed by atoms with Crippen molar-refractivity contribution in [1.29, 1.82) is 0 Å². The predicted octanol–water partition coefficient (Wildman–Crippen LogP) is 15.5. The second-order valence-corrected chi connectivity index (χ2v) is 16.5. The molecule has 2 aliphatic rings. The summed E-state index contributed by atoms with van der Waals surface area (Å²) in [6.45, 7) is 0. The van der Waals surface area contributed by atoms with Crippen LogP contribution in [-0.4, -0.2) is 4.98 Å². The second kappa shape index (κ2) is 12.4. The number of benzene rings is 9. The first-order valence-corrected chi connectivity index (χ1v) is 21.2. The molecule has 288 valence electrons. The molecule has 3 heterocycles. The van der Waals surface area contributed by atoms with Gasteiger partial charge in [-0.05, 0) is 92.2 Å². The Labute approximate surface area is 356 Å². The van der Waals surface area contributed by atoms with Crippen LogP contribution in [0.1, 0.15) is 22.3 Å². The molecule has 3 aromatic heterocycles. The van der Waals surface area contributed by atoms with Gasteiger partial charge in [0.1, 0.15) is 16.7 Å². The zero-order valence-electron chi connectivity index (χ0n) is 33.3. The minimum atomic E-state index is -0.513. The molecule has 0 saturated carbocycles. The van der Waals surface area contributed by atoms with E-state index in [4.69, 9.17) is 13.8 Å². The van der Waals surface area contributed by atoms with Gasteiger partial charge in [-0.15, -0.1) is 0 Å². The Morgan fingerprint density at radius 2 is 1.02 bits per heavy atom. The average Bonchev–Trinajstić information content (AvgIpc) is 4.01. The lowest BCUT2D eigenvalue weighted by molar-refractivity contribution is 0.667. The van der Waals surface area contributed by atoms with E-state index in [1.54, 1.807) is 0 Å². The smallest absolute Gasteiger partial charge is 0.159 e. The minimum Gasteiger partial charge on any atom is -0.455 e. The Morgan fingerprint density at radius 3 is 1.82 bits per heavy atom. The maximum atomic E-state index is 7.29. The summed E-state index contributed by atoms with van der Waals surface area (Å²) in [4.78, 5) is 7.41. The monoisotopic (exact) mass is 790 g/mol. The fourth-order valence-corrected chi connectivity index (χ4v) is 11.1. The Bertz CT molecular complexity index is 3770. The summed E-state index contributed by atoms with van der Waals surface area (Å²) in [5.74, 6) is 0. The number of nitrogens with zero attached hydrogens (tertiary/aromatic N) is 2. The summed E-state index contributed by atoms with van der Waals surface area (Å²) in [5, 5.41) is 6.85. The largest absolute Gasteiger partial charge is 0.455 e. The van der Waals surface area contributed by atoms with Crippen molar-refractivity contribution in [2.24, 2.45) is 0 Å². The number of rotatable bonds is 4. The van der Waals surface area contributed by atoms with Crippen molar-refractivity contribution in [2.75, 3.05) is 4.90 Å². The van der Waals surface area contributed by atoms with Gasteiger partial charge in [-0.3, -0.25) is 4.98 Å². The van der Waals surface area contributed by atoms with Gasteiger partial charge in [0.25, 0.3) is 0 Å². The van der Waals surface area contributed by atoms with Crippen LogP contribution in [0.15, 0.2) is 215 Å². The molecule has 0 N–H and O–H groups in total. The highest BCUT2D eigenvalue weighted by Gasteiger charge is 2.50. The Kier molecular flexibility index (Phi) is 6.73. The molecule has 0 unspecified atom stereocenters. The minimum absolute atomic E-state index is 0.513. The first-order chi connectivity index (χ1) is 30.8. The number of furan rings is 2. The van der Waals surface area contributed by atoms with Crippen LogP contribution in [0.25, 0.3) is 88.2 Å². The van der Waals surface area contributed by atoms with E-state index in [9.17, 15) is 0 Å². The van der Waals surface area contributed by atoms with Crippen molar-refractivity contribution < 1.29 is 8.83 Å². The van der Waals surface area contributed by atoms with Crippen molar-refractivity contribution in [3.05, 3.63) is 229 Å². The standard InChI is InChI=1S/C58H34N2O2/c1-2-16-36(17-3-1)60(51-28-13-22-41-40-20-6-9-29-52(40)61-56(41)51)37-30-33-50(59-34-37)44-23-12-21-42-43-31-32-49-54(57(43)62-55(42)44)45-24-10-14-35-15-11-27-48(53(35)45)58(49)46-25-7-4-18-38(46)39-19-5-8-26-47(39)58/h1-34H. The van der Waals surface area contributed by atoms with E-state index in [2.05, 4.69) is 187 Å². The lowest BCUT2D eigenvalue weighted by Gasteiger charge is -2.39. The molecule has 4 nitrogen and oxygen atoms in total. The summed E-state index contributed by atoms with van der Waals surface area (Å²) in [6, 6.07) is 71.8. The molecule has 4 heteroatoms. The molecule has 0 atom stereocenters. The summed E-state index contributed by atoms with van der Waals surface area (Å²) < 4.78 is 13.8. The van der Waals surface area contributed by atoms with Crippen LogP contribution < -0.4 is 4.90 Å². The normalized spacial score (nSPS) is 13.3. The number of para-hydroxylation sites is 4. The number of aromatic nitrogens is 1. The molecule has 0 amide bonds. The predicted molar refractivity (Wildman–Crippen MR) is 253 cm³/mol. The summed E-state index contributed by atoms with van der Waals surface area (Å²) in [6.07, 6.45) is 1.96. The number of hydrogen-bond acceptors (Lipinski definition) is 4. The molecule has 0 bridgehead atoms. The van der Waals surface area contributed by atoms with E-state index >= 15 is 0 Å². The van der Waals surface area contributed by atoms with Crippen molar-refractivity contribution in [2.45, 2.75) is 5.41 Å². The van der Waals surface area contributed by atoms with Crippen molar-refractivity contribution in [3.63, 3.8) is 0 Å². The quantitative estimate of drug-likeness (QED) is 0.178. The van der Waals surface area contributed by atoms with Gasteiger partial charge in [0.15, 0.2) is 5.58 Å². The second-order valence-electron chi connectivity index (χ2n) is 16.5. The van der Waals surface area contributed by atoms with Gasteiger partial charge in [0.2, 0.25) is 0 Å². The first kappa shape index (κ1) is 33.6. The first-order valence-electron chi connectivity index (χ1n) is 21.2.